The van der Waals surface area contributed by atoms with E-state index < -0.39 is 9.84 Å². The molecule has 0 bridgehead atoms. The summed E-state index contributed by atoms with van der Waals surface area (Å²) in [5.74, 6) is 1.05. The van der Waals surface area contributed by atoms with Crippen LogP contribution >= 0.6 is 11.8 Å². The number of thioether (sulfide) groups is 1. The Morgan fingerprint density at radius 2 is 2.00 bits per heavy atom. The Kier molecular flexibility index (Phi) is 4.44. The van der Waals surface area contributed by atoms with E-state index in [4.69, 9.17) is 4.99 Å². The maximum absolute atomic E-state index is 11.4. The molecule has 0 amide bonds. The molecule has 110 valence electrons. The average Bonchev–Trinajstić information content (AvgIpc) is 2.38. The molecule has 4 nitrogen and oxygen atoms in total. The number of rotatable bonds is 3. The van der Waals surface area contributed by atoms with E-state index in [1.165, 1.54) is 6.26 Å². The number of hydrogen-bond donors (Lipinski definition) is 1. The Labute approximate surface area is 125 Å². The molecule has 0 saturated carbocycles. The number of sulfone groups is 1. The smallest absolute Gasteiger partial charge is 0.175 e. The van der Waals surface area contributed by atoms with E-state index in [2.05, 4.69) is 19.2 Å². The lowest BCUT2D eigenvalue weighted by molar-refractivity contribution is 0.443. The number of amidine groups is 1. The van der Waals surface area contributed by atoms with Crippen LogP contribution in [0.25, 0.3) is 0 Å². The van der Waals surface area contributed by atoms with Crippen molar-refractivity contribution in [3.63, 3.8) is 0 Å². The van der Waals surface area contributed by atoms with Gasteiger partial charge in [0.2, 0.25) is 0 Å². The molecule has 0 saturated heterocycles. The molecule has 1 atom stereocenters. The molecule has 0 aromatic heterocycles. The number of nitrogens with zero attached hydrogens (tertiary/aromatic N) is 1. The molecule has 1 aromatic rings. The van der Waals surface area contributed by atoms with Gasteiger partial charge in [0, 0.05) is 17.7 Å². The van der Waals surface area contributed by atoms with Crippen molar-refractivity contribution in [1.82, 2.24) is 0 Å². The maximum Gasteiger partial charge on any atom is 0.175 e. The summed E-state index contributed by atoms with van der Waals surface area (Å²) in [6, 6.07) is 6.78. The van der Waals surface area contributed by atoms with Gasteiger partial charge in [-0.3, -0.25) is 4.99 Å². The number of anilines is 1. The van der Waals surface area contributed by atoms with Crippen molar-refractivity contribution in [2.75, 3.05) is 17.3 Å². The van der Waals surface area contributed by atoms with E-state index in [-0.39, 0.29) is 5.54 Å². The van der Waals surface area contributed by atoms with Crippen LogP contribution in [0.1, 0.15) is 26.7 Å². The predicted molar refractivity (Wildman–Crippen MR) is 86.4 cm³/mol. The normalized spacial score (nSPS) is 23.2. The number of nitrogens with one attached hydrogen (secondary N) is 1. The van der Waals surface area contributed by atoms with E-state index in [0.717, 1.165) is 29.4 Å². The van der Waals surface area contributed by atoms with Gasteiger partial charge < -0.3 is 5.32 Å². The zero-order valence-corrected chi connectivity index (χ0v) is 13.6. The minimum Gasteiger partial charge on any atom is -0.335 e. The molecule has 6 heteroatoms. The summed E-state index contributed by atoms with van der Waals surface area (Å²) < 4.78 is 22.8. The third kappa shape index (κ3) is 3.76. The first-order valence-electron chi connectivity index (χ1n) is 6.62. The Morgan fingerprint density at radius 1 is 1.35 bits per heavy atom. The second-order valence-corrected chi connectivity index (χ2v) is 8.39. The molecule has 0 aliphatic carbocycles. The highest BCUT2D eigenvalue weighted by atomic mass is 32.2. The van der Waals surface area contributed by atoms with Crippen molar-refractivity contribution in [1.29, 1.82) is 0 Å². The van der Waals surface area contributed by atoms with Gasteiger partial charge in [-0.2, -0.15) is 0 Å². The molecular formula is C14H20N2O2S2. The first-order chi connectivity index (χ1) is 9.32. The van der Waals surface area contributed by atoms with Crippen LogP contribution in [-0.4, -0.2) is 31.1 Å². The van der Waals surface area contributed by atoms with Crippen LogP contribution in [0, 0.1) is 0 Å². The standard InChI is InChI=1S/C14H20N2O2S2/c1-4-14(2)9-10-19-13(16-14)15-11-5-7-12(8-6-11)20(3,17)18/h5-8H,4,9-10H2,1-3H3,(H,15,16). The minimum absolute atomic E-state index is 0.0142. The molecule has 0 fully saturated rings. The molecule has 0 radical (unpaired) electrons. The molecule has 1 aromatic carbocycles. The average molecular weight is 312 g/mol. The van der Waals surface area contributed by atoms with Crippen LogP contribution in [0.3, 0.4) is 0 Å². The quantitative estimate of drug-likeness (QED) is 0.931. The van der Waals surface area contributed by atoms with Gasteiger partial charge in [-0.15, -0.1) is 0 Å². The van der Waals surface area contributed by atoms with Crippen LogP contribution in [0.5, 0.6) is 0 Å². The van der Waals surface area contributed by atoms with E-state index in [0.29, 0.717) is 4.90 Å². The maximum atomic E-state index is 11.4. The van der Waals surface area contributed by atoms with Crippen molar-refractivity contribution >= 4 is 32.5 Å². The fourth-order valence-electron chi connectivity index (χ4n) is 1.93. The molecule has 1 unspecified atom stereocenters. The molecule has 1 aliphatic rings. The Hall–Kier alpha value is -1.01. The van der Waals surface area contributed by atoms with E-state index >= 15 is 0 Å². The third-order valence-electron chi connectivity index (χ3n) is 3.55. The van der Waals surface area contributed by atoms with Gasteiger partial charge in [-0.1, -0.05) is 18.7 Å². The Bertz CT molecular complexity index is 609. The van der Waals surface area contributed by atoms with Gasteiger partial charge in [0.1, 0.15) is 0 Å². The molecular weight excluding hydrogens is 292 g/mol. The van der Waals surface area contributed by atoms with Crippen molar-refractivity contribution in [2.45, 2.75) is 37.1 Å². The number of benzene rings is 1. The molecule has 2 rings (SSSR count). The first kappa shape index (κ1) is 15.4. The van der Waals surface area contributed by atoms with E-state index in [1.807, 2.05) is 0 Å². The van der Waals surface area contributed by atoms with Gasteiger partial charge in [0.15, 0.2) is 15.0 Å². The molecule has 1 N–H and O–H groups in total. The largest absolute Gasteiger partial charge is 0.335 e. The van der Waals surface area contributed by atoms with Crippen LogP contribution in [0.15, 0.2) is 34.2 Å². The molecule has 1 aliphatic heterocycles. The Balaban J connectivity index is 2.15. The highest BCUT2D eigenvalue weighted by molar-refractivity contribution is 8.14. The number of aliphatic imine (C=N–C) groups is 1. The molecule has 0 spiro atoms. The van der Waals surface area contributed by atoms with Gasteiger partial charge in [-0.05, 0) is 44.0 Å². The van der Waals surface area contributed by atoms with Crippen LogP contribution in [0.4, 0.5) is 5.69 Å². The summed E-state index contributed by atoms with van der Waals surface area (Å²) in [6.07, 6.45) is 3.32. The van der Waals surface area contributed by atoms with Crippen molar-refractivity contribution in [3.05, 3.63) is 24.3 Å². The van der Waals surface area contributed by atoms with Gasteiger partial charge in [-0.25, -0.2) is 8.42 Å². The molecule has 20 heavy (non-hydrogen) atoms. The fraction of sp³-hybridized carbons (Fsp3) is 0.500. The lowest BCUT2D eigenvalue weighted by atomic mass is 9.97. The SMILES string of the molecule is CCC1(C)CCSC(Nc2ccc(S(C)(=O)=O)cc2)=N1. The summed E-state index contributed by atoms with van der Waals surface area (Å²) in [4.78, 5) is 5.08. The van der Waals surface area contributed by atoms with Gasteiger partial charge in [0.25, 0.3) is 0 Å². The zero-order valence-electron chi connectivity index (χ0n) is 12.0. The number of hydrogen-bond acceptors (Lipinski definition) is 5. The highest BCUT2D eigenvalue weighted by Gasteiger charge is 2.25. The Morgan fingerprint density at radius 3 is 2.55 bits per heavy atom. The monoisotopic (exact) mass is 312 g/mol. The summed E-state index contributed by atoms with van der Waals surface area (Å²) in [5, 5.41) is 4.18. The zero-order chi connectivity index (χ0) is 14.8. The summed E-state index contributed by atoms with van der Waals surface area (Å²) in [7, 11) is -3.14. The fourth-order valence-corrected chi connectivity index (χ4v) is 3.77. The summed E-state index contributed by atoms with van der Waals surface area (Å²) in [6.45, 7) is 4.32. The van der Waals surface area contributed by atoms with Gasteiger partial charge in [0.05, 0.1) is 10.4 Å². The second kappa shape index (κ2) is 5.77. The summed E-state index contributed by atoms with van der Waals surface area (Å²) in [5.41, 5.74) is 0.879. The van der Waals surface area contributed by atoms with Crippen LogP contribution in [-0.2, 0) is 9.84 Å². The third-order valence-corrected chi connectivity index (χ3v) is 5.55. The molecule has 1 heterocycles. The van der Waals surface area contributed by atoms with Crippen LogP contribution in [0.2, 0.25) is 0 Å². The highest BCUT2D eigenvalue weighted by Crippen LogP contribution is 2.29. The minimum atomic E-state index is -3.14. The van der Waals surface area contributed by atoms with Crippen LogP contribution < -0.4 is 5.32 Å². The van der Waals surface area contributed by atoms with Crippen molar-refractivity contribution in [2.24, 2.45) is 4.99 Å². The van der Waals surface area contributed by atoms with Gasteiger partial charge >= 0.3 is 0 Å². The van der Waals surface area contributed by atoms with Crippen molar-refractivity contribution < 1.29 is 8.42 Å². The second-order valence-electron chi connectivity index (χ2n) is 5.29. The predicted octanol–water partition coefficient (Wildman–Crippen LogP) is 3.16. The lowest BCUT2D eigenvalue weighted by Gasteiger charge is -2.29. The lowest BCUT2D eigenvalue weighted by Crippen LogP contribution is -2.29. The summed E-state index contributed by atoms with van der Waals surface area (Å²) >= 11 is 1.71. The first-order valence-corrected chi connectivity index (χ1v) is 9.50. The van der Waals surface area contributed by atoms with Crippen molar-refractivity contribution in [3.8, 4) is 0 Å². The topological polar surface area (TPSA) is 58.5 Å². The van der Waals surface area contributed by atoms with E-state index in [1.54, 1.807) is 36.0 Å². The van der Waals surface area contributed by atoms with E-state index in [9.17, 15) is 8.42 Å².